The van der Waals surface area contributed by atoms with Gasteiger partial charge in [-0.15, -0.1) is 6.58 Å². The number of carbonyl (C=O) groups is 1. The van der Waals surface area contributed by atoms with Gasteiger partial charge in [-0.05, 0) is 63.7 Å². The van der Waals surface area contributed by atoms with Crippen LogP contribution in [0, 0.1) is 0 Å². The van der Waals surface area contributed by atoms with E-state index in [-0.39, 0.29) is 18.0 Å². The van der Waals surface area contributed by atoms with Gasteiger partial charge in [0, 0.05) is 43.1 Å². The van der Waals surface area contributed by atoms with Gasteiger partial charge in [0.05, 0.1) is 11.6 Å². The van der Waals surface area contributed by atoms with Crippen LogP contribution >= 0.6 is 0 Å². The van der Waals surface area contributed by atoms with Crippen molar-refractivity contribution in [2.24, 2.45) is 10.7 Å². The summed E-state index contributed by atoms with van der Waals surface area (Å²) in [7, 11) is 0. The van der Waals surface area contributed by atoms with Crippen molar-refractivity contribution in [1.82, 2.24) is 15.1 Å². The Morgan fingerprint density at radius 2 is 1.76 bits per heavy atom. The van der Waals surface area contributed by atoms with Crippen molar-refractivity contribution in [2.45, 2.75) is 64.1 Å². The van der Waals surface area contributed by atoms with Gasteiger partial charge in [0.15, 0.2) is 0 Å². The van der Waals surface area contributed by atoms with Gasteiger partial charge in [-0.3, -0.25) is 14.7 Å². The largest absolute Gasteiger partial charge is 0.385 e. The molecule has 4 N–H and O–H groups in total. The molecule has 3 heterocycles. The van der Waals surface area contributed by atoms with Gasteiger partial charge in [0.1, 0.15) is 11.9 Å². The predicted molar refractivity (Wildman–Crippen MR) is 167 cm³/mol. The van der Waals surface area contributed by atoms with Crippen molar-refractivity contribution < 1.29 is 9.90 Å². The Balaban J connectivity index is 0.00000124. The molecule has 2 saturated heterocycles. The predicted octanol–water partition coefficient (Wildman–Crippen LogP) is 5.03. The first-order valence-corrected chi connectivity index (χ1v) is 14.7. The highest BCUT2D eigenvalue weighted by Crippen LogP contribution is 2.33. The van der Waals surface area contributed by atoms with Crippen LogP contribution in [-0.2, 0) is 10.4 Å². The number of hydrogen-bond acceptors (Lipinski definition) is 5. The Morgan fingerprint density at radius 3 is 2.37 bits per heavy atom. The number of amidine groups is 1. The molecule has 0 bridgehead atoms. The molecule has 1 amide bonds. The number of primary amides is 1. The number of likely N-dealkylation sites (tertiary alicyclic amines) is 2. The topological polar surface area (TPSA) is 94.2 Å². The average molecular weight is 556 g/mol. The lowest BCUT2D eigenvalue weighted by Gasteiger charge is -2.38. The number of piperidine rings is 1. The molecule has 0 saturated carbocycles. The summed E-state index contributed by atoms with van der Waals surface area (Å²) >= 11 is 0. The van der Waals surface area contributed by atoms with Crippen molar-refractivity contribution in [2.75, 3.05) is 26.2 Å². The number of amides is 1. The molecule has 1 unspecified atom stereocenters. The lowest BCUT2D eigenvalue weighted by atomic mass is 9.84. The number of nitrogens with zero attached hydrogens (tertiary/aromatic N) is 3. The third kappa shape index (κ3) is 7.34. The molecule has 0 radical (unpaired) electrons. The highest BCUT2D eigenvalue weighted by atomic mass is 16.3. The number of carbonyl (C=O) groups excluding carboxylic acids is 1. The minimum atomic E-state index is -0.770. The Kier molecular flexibility index (Phi) is 10.2. The van der Waals surface area contributed by atoms with Crippen molar-refractivity contribution >= 4 is 11.7 Å². The fourth-order valence-corrected chi connectivity index (χ4v) is 5.94. The number of allylic oxidation sites excluding steroid dienone is 2. The molecule has 7 heteroatoms. The number of aliphatic imine (C=N–C) groups is 1. The van der Waals surface area contributed by atoms with Gasteiger partial charge in [0.25, 0.3) is 0 Å². The molecule has 3 aliphatic heterocycles. The van der Waals surface area contributed by atoms with Gasteiger partial charge >= 0.3 is 0 Å². The van der Waals surface area contributed by atoms with E-state index in [0.717, 1.165) is 73.0 Å². The summed E-state index contributed by atoms with van der Waals surface area (Å²) in [6, 6.07) is 20.0. The summed E-state index contributed by atoms with van der Waals surface area (Å²) in [6.45, 7) is 12.6. The number of rotatable bonds is 7. The first-order chi connectivity index (χ1) is 19.8. The minimum absolute atomic E-state index is 0.0179. The molecule has 0 spiro atoms. The fraction of sp³-hybridized carbons (Fsp3) is 0.412. The van der Waals surface area contributed by atoms with E-state index >= 15 is 0 Å². The Morgan fingerprint density at radius 1 is 1.15 bits per heavy atom. The molecule has 7 nitrogen and oxygen atoms in total. The summed E-state index contributed by atoms with van der Waals surface area (Å²) < 4.78 is 0. The van der Waals surface area contributed by atoms with Crippen LogP contribution in [0.3, 0.4) is 0 Å². The highest BCUT2D eigenvalue weighted by Gasteiger charge is 2.35. The third-order valence-corrected chi connectivity index (χ3v) is 8.25. The highest BCUT2D eigenvalue weighted by molar-refractivity contribution is 6.05. The molecule has 2 atom stereocenters. The maximum absolute atomic E-state index is 12.1. The Bertz CT molecular complexity index is 1280. The van der Waals surface area contributed by atoms with Crippen LogP contribution in [0.1, 0.15) is 63.6 Å². The summed E-state index contributed by atoms with van der Waals surface area (Å²) in [5.41, 5.74) is 10.3. The lowest BCUT2D eigenvalue weighted by Crippen LogP contribution is -2.44. The van der Waals surface area contributed by atoms with Crippen molar-refractivity contribution in [3.8, 4) is 0 Å². The van der Waals surface area contributed by atoms with E-state index in [4.69, 9.17) is 10.7 Å². The van der Waals surface area contributed by atoms with E-state index < -0.39 is 5.60 Å². The van der Waals surface area contributed by atoms with Gasteiger partial charge in [-0.1, -0.05) is 66.7 Å². The van der Waals surface area contributed by atoms with Gasteiger partial charge in [0.2, 0.25) is 5.91 Å². The normalized spacial score (nSPS) is 23.2. The second-order valence-corrected chi connectivity index (χ2v) is 11.2. The van der Waals surface area contributed by atoms with Crippen LogP contribution in [0.15, 0.2) is 101 Å². The molecular weight excluding hydrogens is 510 g/mol. The van der Waals surface area contributed by atoms with E-state index in [1.165, 1.54) is 0 Å². The lowest BCUT2D eigenvalue weighted by molar-refractivity contribution is -0.121. The first-order valence-electron chi connectivity index (χ1n) is 14.7. The summed E-state index contributed by atoms with van der Waals surface area (Å²) in [4.78, 5) is 21.7. The summed E-state index contributed by atoms with van der Waals surface area (Å²) in [6.07, 6.45) is 7.07. The van der Waals surface area contributed by atoms with Crippen LogP contribution in [0.4, 0.5) is 0 Å². The minimum Gasteiger partial charge on any atom is -0.385 e. The van der Waals surface area contributed by atoms with Crippen LogP contribution in [0.5, 0.6) is 0 Å². The van der Waals surface area contributed by atoms with Crippen LogP contribution < -0.4 is 11.1 Å². The van der Waals surface area contributed by atoms with E-state index in [1.54, 1.807) is 6.08 Å². The molecular formula is C34H45N5O2. The van der Waals surface area contributed by atoms with Crippen LogP contribution in [-0.4, -0.2) is 58.9 Å². The molecule has 2 fully saturated rings. The standard InChI is InChI=1S/C31H39N5O2.C3H6/c1-22(24-10-5-3-6-11-24)33-30-27(23(2)36-17-9-14-28(36)29(32)37)20-26(34-30)21-35-18-15-31(38,16-19-35)25-12-7-4-8-13-25;1-3-2/h3-8,10-13,20,22,28,38H,9,14-19,21H2,1-2H3,(H2,32,37)(H,33,34);3H,1H2,2H3/b27-23+;/t22?,28-;/m1./s1. The van der Waals surface area contributed by atoms with Gasteiger partial charge in [-0.25, -0.2) is 0 Å². The maximum atomic E-state index is 12.1. The Labute approximate surface area is 245 Å². The Hall–Kier alpha value is -3.68. The van der Waals surface area contributed by atoms with E-state index in [9.17, 15) is 9.90 Å². The fourth-order valence-electron chi connectivity index (χ4n) is 5.94. The zero-order valence-electron chi connectivity index (χ0n) is 24.7. The van der Waals surface area contributed by atoms with Crippen LogP contribution in [0.25, 0.3) is 0 Å². The molecule has 218 valence electrons. The number of aliphatic hydroxyl groups is 1. The number of benzene rings is 2. The van der Waals surface area contributed by atoms with E-state index in [2.05, 4.69) is 53.8 Å². The van der Waals surface area contributed by atoms with Crippen molar-refractivity contribution in [3.63, 3.8) is 0 Å². The zero-order chi connectivity index (χ0) is 29.4. The molecule has 3 aliphatic rings. The summed E-state index contributed by atoms with van der Waals surface area (Å²) in [5.74, 6) is 0.565. The SMILES string of the molecule is C/C(=C1/C=C(CN2CCC(O)(c3ccccc3)CC2)NC1=NC(C)c1ccccc1)N1CCC[C@@H]1C(N)=O.C=CC. The molecule has 0 aromatic heterocycles. The third-order valence-electron chi connectivity index (χ3n) is 8.25. The van der Waals surface area contributed by atoms with Crippen molar-refractivity contribution in [1.29, 1.82) is 0 Å². The first kappa shape index (κ1) is 30.3. The zero-order valence-corrected chi connectivity index (χ0v) is 24.7. The molecule has 41 heavy (non-hydrogen) atoms. The number of nitrogens with two attached hydrogens (primary N) is 1. The smallest absolute Gasteiger partial charge is 0.240 e. The quantitative estimate of drug-likeness (QED) is 0.417. The van der Waals surface area contributed by atoms with Gasteiger partial charge in [-0.2, -0.15) is 0 Å². The molecule has 5 rings (SSSR count). The molecule has 2 aromatic rings. The monoisotopic (exact) mass is 555 g/mol. The van der Waals surface area contributed by atoms with Gasteiger partial charge < -0.3 is 21.1 Å². The average Bonchev–Trinajstić information content (AvgIpc) is 3.63. The van der Waals surface area contributed by atoms with E-state index in [1.807, 2.05) is 55.5 Å². The number of nitrogens with one attached hydrogen (secondary N) is 1. The summed E-state index contributed by atoms with van der Waals surface area (Å²) in [5, 5.41) is 14.8. The van der Waals surface area contributed by atoms with Crippen molar-refractivity contribution in [3.05, 3.63) is 107 Å². The number of hydrogen-bond donors (Lipinski definition) is 3. The second kappa shape index (κ2) is 13.8. The van der Waals surface area contributed by atoms with E-state index in [0.29, 0.717) is 12.8 Å². The van der Waals surface area contributed by atoms with Crippen LogP contribution in [0.2, 0.25) is 0 Å². The molecule has 0 aliphatic carbocycles. The molecule has 2 aromatic carbocycles. The second-order valence-electron chi connectivity index (χ2n) is 11.2. The maximum Gasteiger partial charge on any atom is 0.240 e.